The van der Waals surface area contributed by atoms with Crippen LogP contribution in [0.2, 0.25) is 0 Å². The fourth-order valence-corrected chi connectivity index (χ4v) is 2.16. The van der Waals surface area contributed by atoms with E-state index in [4.69, 9.17) is 5.11 Å². The third-order valence-electron chi connectivity index (χ3n) is 2.07. The second-order valence-electron chi connectivity index (χ2n) is 3.37. The first kappa shape index (κ1) is 11.5. The highest BCUT2D eigenvalue weighted by Crippen LogP contribution is 2.25. The van der Waals surface area contributed by atoms with E-state index in [0.717, 1.165) is 11.3 Å². The molecule has 0 aliphatic carbocycles. The molecule has 0 aliphatic rings. The maximum atomic E-state index is 12.9. The number of nitrogens with zero attached hydrogens (tertiary/aromatic N) is 1. The molecule has 1 heterocycles. The lowest BCUT2D eigenvalue weighted by Gasteiger charge is -2.01. The molecule has 1 aromatic carbocycles. The Labute approximate surface area is 101 Å². The maximum Gasteiger partial charge on any atom is 0.347 e. The highest BCUT2D eigenvalue weighted by Gasteiger charge is 2.13. The Morgan fingerprint density at radius 3 is 2.88 bits per heavy atom. The van der Waals surface area contributed by atoms with E-state index in [0.29, 0.717) is 16.5 Å². The number of anilines is 2. The summed E-state index contributed by atoms with van der Waals surface area (Å²) in [5.74, 6) is -1.37. The van der Waals surface area contributed by atoms with Gasteiger partial charge in [-0.3, -0.25) is 0 Å². The van der Waals surface area contributed by atoms with E-state index in [2.05, 4.69) is 10.3 Å². The van der Waals surface area contributed by atoms with Crippen molar-refractivity contribution in [1.82, 2.24) is 4.98 Å². The minimum Gasteiger partial charge on any atom is -0.477 e. The fourth-order valence-electron chi connectivity index (χ4n) is 1.34. The predicted molar refractivity (Wildman–Crippen MR) is 63.5 cm³/mol. The van der Waals surface area contributed by atoms with Crippen LogP contribution < -0.4 is 5.32 Å². The number of carbonyl (C=O) groups is 1. The zero-order chi connectivity index (χ0) is 12.4. The van der Waals surface area contributed by atoms with Crippen LogP contribution in [0.1, 0.15) is 15.4 Å². The number of aromatic nitrogens is 1. The van der Waals surface area contributed by atoms with Crippen molar-refractivity contribution in [3.63, 3.8) is 0 Å². The van der Waals surface area contributed by atoms with E-state index in [1.807, 2.05) is 0 Å². The second kappa shape index (κ2) is 4.50. The van der Waals surface area contributed by atoms with Crippen LogP contribution in [-0.2, 0) is 0 Å². The zero-order valence-electron chi connectivity index (χ0n) is 8.90. The Morgan fingerprint density at radius 2 is 2.29 bits per heavy atom. The summed E-state index contributed by atoms with van der Waals surface area (Å²) in [6.45, 7) is 1.62. The molecular formula is C11H9FN2O2S. The monoisotopic (exact) mass is 252 g/mol. The molecule has 17 heavy (non-hydrogen) atoms. The van der Waals surface area contributed by atoms with Gasteiger partial charge < -0.3 is 10.4 Å². The number of aryl methyl sites for hydroxylation is 1. The van der Waals surface area contributed by atoms with Crippen molar-refractivity contribution in [2.75, 3.05) is 5.32 Å². The lowest BCUT2D eigenvalue weighted by Crippen LogP contribution is -1.94. The maximum absolute atomic E-state index is 12.9. The van der Waals surface area contributed by atoms with E-state index in [1.54, 1.807) is 19.1 Å². The SMILES string of the molecule is Cc1nc(Nc2cccc(F)c2)sc1C(=O)O. The molecule has 2 aromatic rings. The highest BCUT2D eigenvalue weighted by molar-refractivity contribution is 7.17. The van der Waals surface area contributed by atoms with Gasteiger partial charge in [-0.2, -0.15) is 0 Å². The number of carboxylic acid groups (broad SMARTS) is 1. The molecule has 2 rings (SSSR count). The Hall–Kier alpha value is -1.95. The number of hydrogen-bond acceptors (Lipinski definition) is 4. The normalized spacial score (nSPS) is 10.2. The molecule has 88 valence electrons. The van der Waals surface area contributed by atoms with Gasteiger partial charge in [0.05, 0.1) is 5.69 Å². The number of thiazole rings is 1. The van der Waals surface area contributed by atoms with E-state index >= 15 is 0 Å². The van der Waals surface area contributed by atoms with Crippen LogP contribution in [0.15, 0.2) is 24.3 Å². The van der Waals surface area contributed by atoms with Crippen LogP contribution in [0.25, 0.3) is 0 Å². The molecule has 0 unspecified atom stereocenters. The molecular weight excluding hydrogens is 243 g/mol. The average Bonchev–Trinajstić information content (AvgIpc) is 2.59. The summed E-state index contributed by atoms with van der Waals surface area (Å²) in [5.41, 5.74) is 0.983. The number of hydrogen-bond donors (Lipinski definition) is 2. The lowest BCUT2D eigenvalue weighted by molar-refractivity contribution is 0.0701. The van der Waals surface area contributed by atoms with Gasteiger partial charge in [0.2, 0.25) is 0 Å². The molecule has 0 spiro atoms. The van der Waals surface area contributed by atoms with Crippen LogP contribution in [0.3, 0.4) is 0 Å². The minimum absolute atomic E-state index is 0.184. The van der Waals surface area contributed by atoms with Gasteiger partial charge in [-0.15, -0.1) is 0 Å². The summed E-state index contributed by atoms with van der Waals surface area (Å²) in [6, 6.07) is 5.90. The number of benzene rings is 1. The topological polar surface area (TPSA) is 62.2 Å². The Bertz CT molecular complexity index is 568. The standard InChI is InChI=1S/C11H9FN2O2S/c1-6-9(10(15)16)17-11(13-6)14-8-4-2-3-7(12)5-8/h2-5H,1H3,(H,13,14)(H,15,16). The third-order valence-corrected chi connectivity index (χ3v) is 3.13. The molecule has 0 bridgehead atoms. The van der Waals surface area contributed by atoms with Crippen molar-refractivity contribution in [2.24, 2.45) is 0 Å². The van der Waals surface area contributed by atoms with E-state index in [-0.39, 0.29) is 10.7 Å². The summed E-state index contributed by atoms with van der Waals surface area (Å²) in [6.07, 6.45) is 0. The van der Waals surface area contributed by atoms with E-state index in [1.165, 1.54) is 12.1 Å². The van der Waals surface area contributed by atoms with Crippen LogP contribution >= 0.6 is 11.3 Å². The van der Waals surface area contributed by atoms with Gasteiger partial charge >= 0.3 is 5.97 Å². The predicted octanol–water partition coefficient (Wildman–Crippen LogP) is 3.03. The van der Waals surface area contributed by atoms with Gasteiger partial charge in [0, 0.05) is 5.69 Å². The molecule has 0 saturated heterocycles. The van der Waals surface area contributed by atoms with Gasteiger partial charge in [0.25, 0.3) is 0 Å². The van der Waals surface area contributed by atoms with Gasteiger partial charge in [-0.05, 0) is 25.1 Å². The van der Waals surface area contributed by atoms with Gasteiger partial charge in [-0.1, -0.05) is 17.4 Å². The number of aromatic carboxylic acids is 1. The van der Waals surface area contributed by atoms with Gasteiger partial charge in [0.15, 0.2) is 5.13 Å². The summed E-state index contributed by atoms with van der Waals surface area (Å²) in [4.78, 5) is 15.1. The quantitative estimate of drug-likeness (QED) is 0.881. The fraction of sp³-hybridized carbons (Fsp3) is 0.0909. The second-order valence-corrected chi connectivity index (χ2v) is 4.37. The molecule has 0 saturated carbocycles. The van der Waals surface area contributed by atoms with Crippen molar-refractivity contribution >= 4 is 28.1 Å². The van der Waals surface area contributed by atoms with Gasteiger partial charge in [0.1, 0.15) is 10.7 Å². The molecule has 2 N–H and O–H groups in total. The van der Waals surface area contributed by atoms with Crippen molar-refractivity contribution < 1.29 is 14.3 Å². The number of halogens is 1. The van der Waals surface area contributed by atoms with Crippen LogP contribution in [0.4, 0.5) is 15.2 Å². The first-order valence-corrected chi connectivity index (χ1v) is 5.61. The zero-order valence-corrected chi connectivity index (χ0v) is 9.71. The summed E-state index contributed by atoms with van der Waals surface area (Å²) in [5, 5.41) is 12.2. The molecule has 0 aliphatic heterocycles. The smallest absolute Gasteiger partial charge is 0.347 e. The van der Waals surface area contributed by atoms with Crippen LogP contribution in [0, 0.1) is 12.7 Å². The number of rotatable bonds is 3. The molecule has 1 aromatic heterocycles. The van der Waals surface area contributed by atoms with Crippen molar-refractivity contribution in [3.8, 4) is 0 Å². The summed E-state index contributed by atoms with van der Waals surface area (Å²) in [7, 11) is 0. The number of carboxylic acids is 1. The molecule has 0 atom stereocenters. The molecule has 6 heteroatoms. The first-order chi connectivity index (χ1) is 8.06. The van der Waals surface area contributed by atoms with E-state index in [9.17, 15) is 9.18 Å². The Balaban J connectivity index is 2.25. The average molecular weight is 252 g/mol. The molecule has 0 fully saturated rings. The van der Waals surface area contributed by atoms with Crippen LogP contribution in [0.5, 0.6) is 0 Å². The molecule has 0 amide bonds. The minimum atomic E-state index is -1.01. The number of nitrogens with one attached hydrogen (secondary N) is 1. The van der Waals surface area contributed by atoms with E-state index < -0.39 is 5.97 Å². The molecule has 4 nitrogen and oxygen atoms in total. The largest absolute Gasteiger partial charge is 0.477 e. The Morgan fingerprint density at radius 1 is 1.53 bits per heavy atom. The first-order valence-electron chi connectivity index (χ1n) is 4.79. The van der Waals surface area contributed by atoms with Crippen molar-refractivity contribution in [2.45, 2.75) is 6.92 Å². The summed E-state index contributed by atoms with van der Waals surface area (Å²) >= 11 is 1.02. The molecule has 0 radical (unpaired) electrons. The van der Waals surface area contributed by atoms with Crippen LogP contribution in [-0.4, -0.2) is 16.1 Å². The Kier molecular flexibility index (Phi) is 3.06. The van der Waals surface area contributed by atoms with Crippen molar-refractivity contribution in [1.29, 1.82) is 0 Å². The summed E-state index contributed by atoms with van der Waals surface area (Å²) < 4.78 is 12.9. The lowest BCUT2D eigenvalue weighted by atomic mass is 10.3. The van der Waals surface area contributed by atoms with Crippen molar-refractivity contribution in [3.05, 3.63) is 40.7 Å². The van der Waals surface area contributed by atoms with Gasteiger partial charge in [-0.25, -0.2) is 14.2 Å². The highest BCUT2D eigenvalue weighted by atomic mass is 32.1. The third kappa shape index (κ3) is 2.59.